The lowest BCUT2D eigenvalue weighted by Gasteiger charge is -2.39. The molecule has 3 atom stereocenters. The fraction of sp³-hybridized carbons (Fsp3) is 0.600. The summed E-state index contributed by atoms with van der Waals surface area (Å²) in [6.07, 6.45) is 2.98. The number of nitrogens with zero attached hydrogens (tertiary/aromatic N) is 1. The molecule has 2 aliphatic rings. The minimum absolute atomic E-state index is 0.0386. The number of carbonyl (C=O) groups excluding carboxylic acids is 2. The summed E-state index contributed by atoms with van der Waals surface area (Å²) < 4.78 is 25.2. The number of hydrogen-bond donors (Lipinski definition) is 0. The van der Waals surface area contributed by atoms with Crippen LogP contribution in [-0.2, 0) is 4.74 Å². The third-order valence-electron chi connectivity index (χ3n) is 4.91. The Labute approximate surface area is 153 Å². The Hall–Kier alpha value is -2.11. The summed E-state index contributed by atoms with van der Waals surface area (Å²) in [5, 5.41) is 0. The first kappa shape index (κ1) is 18.7. The Morgan fingerprint density at radius 2 is 1.77 bits per heavy atom. The second kappa shape index (κ2) is 6.89. The summed E-state index contributed by atoms with van der Waals surface area (Å²) in [7, 11) is 0. The summed E-state index contributed by atoms with van der Waals surface area (Å²) in [6, 6.07) is 4.46. The number of benzene rings is 1. The van der Waals surface area contributed by atoms with Gasteiger partial charge in [-0.2, -0.15) is 0 Å². The highest BCUT2D eigenvalue weighted by molar-refractivity contribution is 5.94. The van der Waals surface area contributed by atoms with Crippen LogP contribution in [-0.4, -0.2) is 40.6 Å². The molecule has 0 aliphatic carbocycles. The van der Waals surface area contributed by atoms with Crippen LogP contribution in [0, 0.1) is 5.82 Å². The number of fused-ring (bicyclic) bond motifs is 2. The fourth-order valence-electron chi connectivity index (χ4n) is 3.88. The molecule has 0 unspecified atom stereocenters. The smallest absolute Gasteiger partial charge is 0.410 e. The molecule has 2 saturated heterocycles. The lowest BCUT2D eigenvalue weighted by atomic mass is 10.00. The van der Waals surface area contributed by atoms with Crippen LogP contribution in [0.2, 0.25) is 0 Å². The van der Waals surface area contributed by atoms with Crippen molar-refractivity contribution in [1.82, 2.24) is 4.90 Å². The van der Waals surface area contributed by atoms with Crippen molar-refractivity contribution >= 4 is 11.9 Å². The van der Waals surface area contributed by atoms with E-state index in [2.05, 4.69) is 0 Å². The molecule has 1 aromatic rings. The van der Waals surface area contributed by atoms with Crippen molar-refractivity contribution in [2.45, 2.75) is 77.2 Å². The van der Waals surface area contributed by atoms with Crippen LogP contribution in [0.25, 0.3) is 0 Å². The van der Waals surface area contributed by atoms with Crippen molar-refractivity contribution in [3.63, 3.8) is 0 Å². The van der Waals surface area contributed by atoms with Crippen LogP contribution < -0.4 is 4.74 Å². The van der Waals surface area contributed by atoms with E-state index in [0.717, 1.165) is 12.8 Å². The van der Waals surface area contributed by atoms with E-state index in [1.165, 1.54) is 19.1 Å². The van der Waals surface area contributed by atoms with Crippen molar-refractivity contribution in [1.29, 1.82) is 0 Å². The Kier molecular flexibility index (Phi) is 4.95. The highest BCUT2D eigenvalue weighted by Gasteiger charge is 2.45. The molecule has 26 heavy (non-hydrogen) atoms. The number of Topliss-reactive ketones (excluding diaryl/α,β-unsaturated/α-hetero) is 1. The largest absolute Gasteiger partial charge is 0.490 e. The Morgan fingerprint density at radius 3 is 2.31 bits per heavy atom. The predicted molar refractivity (Wildman–Crippen MR) is 94.9 cm³/mol. The maximum absolute atomic E-state index is 13.7. The minimum Gasteiger partial charge on any atom is -0.490 e. The molecule has 0 N–H and O–H groups in total. The topological polar surface area (TPSA) is 55.8 Å². The normalized spacial score (nSPS) is 25.1. The second-order valence-corrected chi connectivity index (χ2v) is 8.18. The fourth-order valence-corrected chi connectivity index (χ4v) is 3.88. The van der Waals surface area contributed by atoms with E-state index in [-0.39, 0.29) is 35.6 Å². The van der Waals surface area contributed by atoms with Crippen molar-refractivity contribution in [2.24, 2.45) is 0 Å². The zero-order chi connectivity index (χ0) is 19.1. The number of ether oxygens (including phenoxy) is 2. The summed E-state index contributed by atoms with van der Waals surface area (Å²) in [5.41, 5.74) is -0.474. The van der Waals surface area contributed by atoms with Gasteiger partial charge in [0.2, 0.25) is 0 Å². The molecule has 3 rings (SSSR count). The van der Waals surface area contributed by atoms with Gasteiger partial charge in [0, 0.05) is 24.9 Å². The van der Waals surface area contributed by atoms with Gasteiger partial charge in [-0.25, -0.2) is 9.18 Å². The molecule has 0 spiro atoms. The number of rotatable bonds is 3. The predicted octanol–water partition coefficient (Wildman–Crippen LogP) is 4.34. The van der Waals surface area contributed by atoms with Crippen LogP contribution in [0.1, 0.15) is 63.7 Å². The summed E-state index contributed by atoms with van der Waals surface area (Å²) in [4.78, 5) is 25.8. The lowest BCUT2D eigenvalue weighted by molar-refractivity contribution is -0.00711. The molecule has 0 aromatic heterocycles. The number of hydrogen-bond acceptors (Lipinski definition) is 4. The third-order valence-corrected chi connectivity index (χ3v) is 4.91. The van der Waals surface area contributed by atoms with E-state index in [1.54, 1.807) is 6.07 Å². The molecule has 1 amide bonds. The molecule has 2 fully saturated rings. The van der Waals surface area contributed by atoms with Gasteiger partial charge >= 0.3 is 6.09 Å². The van der Waals surface area contributed by atoms with Crippen LogP contribution in [0.5, 0.6) is 5.75 Å². The highest BCUT2D eigenvalue weighted by atomic mass is 19.1. The Bertz CT molecular complexity index is 698. The first-order valence-corrected chi connectivity index (χ1v) is 9.12. The van der Waals surface area contributed by atoms with E-state index in [0.29, 0.717) is 18.6 Å². The zero-order valence-electron chi connectivity index (χ0n) is 15.8. The average Bonchev–Trinajstić information content (AvgIpc) is 2.79. The maximum Gasteiger partial charge on any atom is 0.410 e. The Morgan fingerprint density at radius 1 is 1.15 bits per heavy atom. The van der Waals surface area contributed by atoms with Gasteiger partial charge in [0.05, 0.1) is 5.56 Å². The molecule has 0 saturated carbocycles. The summed E-state index contributed by atoms with van der Waals surface area (Å²) in [5.74, 6) is -0.371. The molecule has 6 heteroatoms. The molecular formula is C20H26FNO4. The van der Waals surface area contributed by atoms with Gasteiger partial charge < -0.3 is 14.4 Å². The van der Waals surface area contributed by atoms with Crippen molar-refractivity contribution in [3.8, 4) is 5.75 Å². The number of ketones is 1. The minimum atomic E-state index is -0.537. The molecule has 1 aromatic carbocycles. The summed E-state index contributed by atoms with van der Waals surface area (Å²) in [6.45, 7) is 6.93. The van der Waals surface area contributed by atoms with Crippen molar-refractivity contribution in [3.05, 3.63) is 29.6 Å². The lowest BCUT2D eigenvalue weighted by Crippen LogP contribution is -2.50. The van der Waals surface area contributed by atoms with Crippen LogP contribution in [0.3, 0.4) is 0 Å². The van der Waals surface area contributed by atoms with Crippen LogP contribution in [0.4, 0.5) is 9.18 Å². The van der Waals surface area contributed by atoms with E-state index < -0.39 is 11.4 Å². The van der Waals surface area contributed by atoms with Gasteiger partial charge in [0.1, 0.15) is 23.3 Å². The molecule has 2 bridgehead atoms. The van der Waals surface area contributed by atoms with Gasteiger partial charge in [-0.05, 0) is 58.7 Å². The molecular weight excluding hydrogens is 337 g/mol. The van der Waals surface area contributed by atoms with Crippen molar-refractivity contribution < 1.29 is 23.5 Å². The SMILES string of the molecule is CC(=O)c1cc(O[C@H]2C[C@H]3CC[C@@H](C2)N3C(=O)OC(C)(C)C)ccc1F. The highest BCUT2D eigenvalue weighted by Crippen LogP contribution is 2.38. The van der Waals surface area contributed by atoms with Crippen LogP contribution >= 0.6 is 0 Å². The Balaban J connectivity index is 1.67. The number of piperidine rings is 1. The first-order chi connectivity index (χ1) is 12.1. The van der Waals surface area contributed by atoms with E-state index in [1.807, 2.05) is 25.7 Å². The maximum atomic E-state index is 13.7. The van der Waals surface area contributed by atoms with Gasteiger partial charge in [-0.3, -0.25) is 4.79 Å². The molecule has 2 heterocycles. The second-order valence-electron chi connectivity index (χ2n) is 8.18. The van der Waals surface area contributed by atoms with E-state index >= 15 is 0 Å². The van der Waals surface area contributed by atoms with Gasteiger partial charge in [-0.1, -0.05) is 0 Å². The quantitative estimate of drug-likeness (QED) is 0.750. The van der Waals surface area contributed by atoms with Gasteiger partial charge in [-0.15, -0.1) is 0 Å². The average molecular weight is 363 g/mol. The van der Waals surface area contributed by atoms with E-state index in [9.17, 15) is 14.0 Å². The zero-order valence-corrected chi connectivity index (χ0v) is 15.8. The van der Waals surface area contributed by atoms with E-state index in [4.69, 9.17) is 9.47 Å². The number of halogens is 1. The molecule has 5 nitrogen and oxygen atoms in total. The summed E-state index contributed by atoms with van der Waals surface area (Å²) >= 11 is 0. The standard InChI is InChI=1S/C20H26FNO4/c1-12(23)17-11-15(7-8-18(17)21)25-16-9-13-5-6-14(10-16)22(13)19(24)26-20(2,3)4/h7-8,11,13-14,16H,5-6,9-10H2,1-4H3/t13-,14+,16+. The van der Waals surface area contributed by atoms with Crippen LogP contribution in [0.15, 0.2) is 18.2 Å². The monoisotopic (exact) mass is 363 g/mol. The third kappa shape index (κ3) is 4.00. The molecule has 2 aliphatic heterocycles. The van der Waals surface area contributed by atoms with Gasteiger partial charge in [0.25, 0.3) is 0 Å². The molecule has 0 radical (unpaired) electrons. The molecule has 142 valence electrons. The van der Waals surface area contributed by atoms with Crippen molar-refractivity contribution in [2.75, 3.05) is 0 Å². The first-order valence-electron chi connectivity index (χ1n) is 9.12. The number of amides is 1. The van der Waals surface area contributed by atoms with Gasteiger partial charge in [0.15, 0.2) is 5.78 Å². The number of carbonyl (C=O) groups is 2.